The van der Waals surface area contributed by atoms with E-state index in [2.05, 4.69) is 5.32 Å². The van der Waals surface area contributed by atoms with E-state index < -0.39 is 0 Å². The smallest absolute Gasteiger partial charge is 0.240 e. The molecule has 1 N–H and O–H groups in total. The second kappa shape index (κ2) is 6.89. The molecule has 0 aliphatic rings. The molecule has 0 bridgehead atoms. The maximum atomic E-state index is 12.2. The van der Waals surface area contributed by atoms with Crippen molar-refractivity contribution in [1.29, 1.82) is 0 Å². The Bertz CT molecular complexity index is 897. The minimum atomic E-state index is -0.110. The number of benzene rings is 2. The second-order valence-corrected chi connectivity index (χ2v) is 6.08. The Balaban J connectivity index is 1.73. The van der Waals surface area contributed by atoms with Gasteiger partial charge in [-0.1, -0.05) is 41.9 Å². The Labute approximate surface area is 145 Å². The molecule has 0 radical (unpaired) electrons. The van der Waals surface area contributed by atoms with Crippen LogP contribution in [0.25, 0.3) is 10.9 Å². The first kappa shape index (κ1) is 16.3. The quantitative estimate of drug-likeness (QED) is 0.718. The molecule has 2 aromatic carbocycles. The Kier molecular flexibility index (Phi) is 4.67. The molecular weight excluding hydrogens is 324 g/mol. The topological polar surface area (TPSA) is 51.1 Å². The third-order valence-electron chi connectivity index (χ3n) is 3.88. The average Bonchev–Trinajstić information content (AvgIpc) is 2.93. The van der Waals surface area contributed by atoms with Crippen molar-refractivity contribution in [1.82, 2.24) is 9.88 Å². The van der Waals surface area contributed by atoms with Crippen LogP contribution in [0.1, 0.15) is 22.8 Å². The van der Waals surface area contributed by atoms with Crippen molar-refractivity contribution in [3.8, 4) is 0 Å². The van der Waals surface area contributed by atoms with Gasteiger partial charge in [0.05, 0.1) is 0 Å². The zero-order valence-electron chi connectivity index (χ0n) is 13.3. The number of ketones is 1. The van der Waals surface area contributed by atoms with Gasteiger partial charge in [-0.15, -0.1) is 0 Å². The lowest BCUT2D eigenvalue weighted by atomic mass is 10.1. The van der Waals surface area contributed by atoms with Crippen molar-refractivity contribution in [2.75, 3.05) is 0 Å². The number of para-hydroxylation sites is 1. The number of fused-ring (bicyclic) bond motifs is 1. The zero-order valence-corrected chi connectivity index (χ0v) is 14.0. The van der Waals surface area contributed by atoms with E-state index in [4.69, 9.17) is 11.6 Å². The molecule has 1 heterocycles. The van der Waals surface area contributed by atoms with Crippen molar-refractivity contribution in [2.45, 2.75) is 20.0 Å². The SMILES string of the molecule is CC(=O)c1cn(CC(=O)NCc2ccc(Cl)cc2)c2ccccc12. The van der Waals surface area contributed by atoms with Gasteiger partial charge in [0.15, 0.2) is 5.78 Å². The summed E-state index contributed by atoms with van der Waals surface area (Å²) in [5, 5.41) is 4.42. The number of hydrogen-bond donors (Lipinski definition) is 1. The van der Waals surface area contributed by atoms with Crippen molar-refractivity contribution in [2.24, 2.45) is 0 Å². The zero-order chi connectivity index (χ0) is 17.1. The van der Waals surface area contributed by atoms with Gasteiger partial charge in [-0.2, -0.15) is 0 Å². The average molecular weight is 341 g/mol. The summed E-state index contributed by atoms with van der Waals surface area (Å²) < 4.78 is 1.81. The van der Waals surface area contributed by atoms with E-state index in [0.717, 1.165) is 16.5 Å². The molecule has 122 valence electrons. The van der Waals surface area contributed by atoms with Gasteiger partial charge >= 0.3 is 0 Å². The highest BCUT2D eigenvalue weighted by Crippen LogP contribution is 2.21. The molecule has 24 heavy (non-hydrogen) atoms. The Hall–Kier alpha value is -2.59. The molecular formula is C19H17ClN2O2. The molecule has 1 aromatic heterocycles. The van der Waals surface area contributed by atoms with Gasteiger partial charge in [0.25, 0.3) is 0 Å². The van der Waals surface area contributed by atoms with Crippen LogP contribution >= 0.6 is 11.6 Å². The number of carbonyl (C=O) groups is 2. The van der Waals surface area contributed by atoms with E-state index in [1.165, 1.54) is 6.92 Å². The van der Waals surface area contributed by atoms with Gasteiger partial charge in [-0.05, 0) is 30.7 Å². The van der Waals surface area contributed by atoms with E-state index >= 15 is 0 Å². The van der Waals surface area contributed by atoms with E-state index in [1.54, 1.807) is 18.3 Å². The molecule has 0 unspecified atom stereocenters. The van der Waals surface area contributed by atoms with Crippen LogP contribution < -0.4 is 5.32 Å². The molecule has 4 nitrogen and oxygen atoms in total. The first-order valence-electron chi connectivity index (χ1n) is 7.64. The van der Waals surface area contributed by atoms with Crippen LogP contribution in [0.4, 0.5) is 0 Å². The first-order valence-corrected chi connectivity index (χ1v) is 8.02. The summed E-state index contributed by atoms with van der Waals surface area (Å²) in [4.78, 5) is 24.0. The summed E-state index contributed by atoms with van der Waals surface area (Å²) in [5.41, 5.74) is 2.50. The molecule has 0 aliphatic heterocycles. The summed E-state index contributed by atoms with van der Waals surface area (Å²) in [6.45, 7) is 2.14. The van der Waals surface area contributed by atoms with Gasteiger partial charge in [0, 0.05) is 34.2 Å². The lowest BCUT2D eigenvalue weighted by molar-refractivity contribution is -0.121. The molecule has 0 saturated heterocycles. The summed E-state index contributed by atoms with van der Waals surface area (Å²) in [6, 6.07) is 14.9. The number of aromatic nitrogens is 1. The molecule has 0 atom stereocenters. The number of nitrogens with one attached hydrogen (secondary N) is 1. The molecule has 3 aromatic rings. The lowest BCUT2D eigenvalue weighted by Gasteiger charge is -2.07. The van der Waals surface area contributed by atoms with Gasteiger partial charge < -0.3 is 9.88 Å². The number of Topliss-reactive ketones (excluding diaryl/α,β-unsaturated/α-hetero) is 1. The highest BCUT2D eigenvalue weighted by atomic mass is 35.5. The number of carbonyl (C=O) groups excluding carboxylic acids is 2. The number of hydrogen-bond acceptors (Lipinski definition) is 2. The predicted octanol–water partition coefficient (Wildman–Crippen LogP) is 3.81. The van der Waals surface area contributed by atoms with E-state index in [9.17, 15) is 9.59 Å². The third-order valence-corrected chi connectivity index (χ3v) is 4.14. The fourth-order valence-electron chi connectivity index (χ4n) is 2.67. The summed E-state index contributed by atoms with van der Waals surface area (Å²) in [5.74, 6) is -0.118. The van der Waals surface area contributed by atoms with Gasteiger partial charge in [-0.3, -0.25) is 9.59 Å². The van der Waals surface area contributed by atoms with E-state index in [0.29, 0.717) is 17.1 Å². The maximum absolute atomic E-state index is 12.2. The van der Waals surface area contributed by atoms with Crippen LogP contribution in [0.2, 0.25) is 5.02 Å². The van der Waals surface area contributed by atoms with Crippen molar-refractivity contribution in [3.05, 3.63) is 70.9 Å². The molecule has 0 spiro atoms. The van der Waals surface area contributed by atoms with Gasteiger partial charge in [0.2, 0.25) is 5.91 Å². The Morgan fingerprint density at radius 3 is 2.50 bits per heavy atom. The fourth-order valence-corrected chi connectivity index (χ4v) is 2.80. The minimum absolute atomic E-state index is 0.00785. The van der Waals surface area contributed by atoms with Crippen LogP contribution in [0, 0.1) is 0 Å². The van der Waals surface area contributed by atoms with Crippen molar-refractivity contribution >= 4 is 34.2 Å². The van der Waals surface area contributed by atoms with Crippen LogP contribution in [0.15, 0.2) is 54.7 Å². The Morgan fingerprint density at radius 1 is 1.08 bits per heavy atom. The molecule has 5 heteroatoms. The number of amides is 1. The highest BCUT2D eigenvalue weighted by Gasteiger charge is 2.13. The summed E-state index contributed by atoms with van der Waals surface area (Å²) in [6.07, 6.45) is 1.74. The van der Waals surface area contributed by atoms with Crippen molar-refractivity contribution in [3.63, 3.8) is 0 Å². The Morgan fingerprint density at radius 2 is 1.79 bits per heavy atom. The standard InChI is InChI=1S/C19H17ClN2O2/c1-13(23)17-11-22(18-5-3-2-4-16(17)18)12-19(24)21-10-14-6-8-15(20)9-7-14/h2-9,11H,10,12H2,1H3,(H,21,24). The van der Waals surface area contributed by atoms with E-state index in [-0.39, 0.29) is 18.2 Å². The minimum Gasteiger partial charge on any atom is -0.350 e. The number of nitrogens with zero attached hydrogens (tertiary/aromatic N) is 1. The van der Waals surface area contributed by atoms with Crippen LogP contribution in [0.5, 0.6) is 0 Å². The normalized spacial score (nSPS) is 10.8. The monoisotopic (exact) mass is 340 g/mol. The largest absolute Gasteiger partial charge is 0.350 e. The van der Waals surface area contributed by atoms with Crippen LogP contribution in [0.3, 0.4) is 0 Å². The predicted molar refractivity (Wildman–Crippen MR) is 95.2 cm³/mol. The lowest BCUT2D eigenvalue weighted by Crippen LogP contribution is -2.26. The summed E-state index contributed by atoms with van der Waals surface area (Å²) in [7, 11) is 0. The van der Waals surface area contributed by atoms with Crippen LogP contribution in [-0.2, 0) is 17.9 Å². The number of rotatable bonds is 5. The molecule has 3 rings (SSSR count). The first-order chi connectivity index (χ1) is 11.5. The molecule has 0 aliphatic carbocycles. The molecule has 0 fully saturated rings. The third kappa shape index (κ3) is 3.49. The molecule has 1 amide bonds. The maximum Gasteiger partial charge on any atom is 0.240 e. The van der Waals surface area contributed by atoms with Gasteiger partial charge in [0.1, 0.15) is 6.54 Å². The van der Waals surface area contributed by atoms with Crippen molar-refractivity contribution < 1.29 is 9.59 Å². The highest BCUT2D eigenvalue weighted by molar-refractivity contribution is 6.30. The van der Waals surface area contributed by atoms with Gasteiger partial charge in [-0.25, -0.2) is 0 Å². The fraction of sp³-hybridized carbons (Fsp3) is 0.158. The van der Waals surface area contributed by atoms with Crippen LogP contribution in [-0.4, -0.2) is 16.3 Å². The molecule has 0 saturated carbocycles. The summed E-state index contributed by atoms with van der Waals surface area (Å²) >= 11 is 5.85. The number of halogens is 1. The van der Waals surface area contributed by atoms with E-state index in [1.807, 2.05) is 41.0 Å². The second-order valence-electron chi connectivity index (χ2n) is 5.65.